The van der Waals surface area contributed by atoms with E-state index in [4.69, 9.17) is 4.74 Å². The van der Waals surface area contributed by atoms with Gasteiger partial charge in [-0.15, -0.1) is 0 Å². The van der Waals surface area contributed by atoms with E-state index in [0.717, 1.165) is 21.5 Å². The van der Waals surface area contributed by atoms with E-state index in [1.54, 1.807) is 6.92 Å². The summed E-state index contributed by atoms with van der Waals surface area (Å²) in [5, 5.41) is 4.22. The number of carbonyl (C=O) groups excluding carboxylic acids is 2. The minimum Gasteiger partial charge on any atom is -0.450 e. The molecule has 8 heteroatoms. The third-order valence-corrected chi connectivity index (χ3v) is 5.30. The fourth-order valence-corrected chi connectivity index (χ4v) is 4.05. The molecule has 1 aliphatic heterocycles. The lowest BCUT2D eigenvalue weighted by Gasteiger charge is -2.26. The SMILES string of the molecule is CCOC(=O)Nc1nc2c(s1)CN(C(=O)c1ccc3cc[nH]c3c1)CC2. The highest BCUT2D eigenvalue weighted by molar-refractivity contribution is 7.15. The predicted octanol–water partition coefficient (Wildman–Crippen LogP) is 3.39. The van der Waals surface area contributed by atoms with Gasteiger partial charge in [-0.2, -0.15) is 0 Å². The molecule has 2 N–H and O–H groups in total. The third-order valence-electron chi connectivity index (χ3n) is 4.30. The minimum absolute atomic E-state index is 0.000418. The summed E-state index contributed by atoms with van der Waals surface area (Å²) in [6, 6.07) is 7.66. The Balaban J connectivity index is 1.49. The topological polar surface area (TPSA) is 87.3 Å². The molecule has 0 fully saturated rings. The van der Waals surface area contributed by atoms with Gasteiger partial charge in [-0.3, -0.25) is 10.1 Å². The zero-order valence-corrected chi connectivity index (χ0v) is 15.1. The molecule has 0 atom stereocenters. The number of ether oxygens (including phenoxy) is 1. The molecule has 134 valence electrons. The number of nitrogens with one attached hydrogen (secondary N) is 2. The number of fused-ring (bicyclic) bond motifs is 2. The van der Waals surface area contributed by atoms with Crippen molar-refractivity contribution in [3.63, 3.8) is 0 Å². The van der Waals surface area contributed by atoms with Crippen LogP contribution in [0.1, 0.15) is 27.9 Å². The molecule has 2 aromatic heterocycles. The van der Waals surface area contributed by atoms with Crippen LogP contribution in [0.2, 0.25) is 0 Å². The lowest BCUT2D eigenvalue weighted by molar-refractivity contribution is 0.0736. The third kappa shape index (κ3) is 3.15. The Hall–Kier alpha value is -2.87. The number of rotatable bonds is 3. The second kappa shape index (κ2) is 6.80. The van der Waals surface area contributed by atoms with Gasteiger partial charge in [0.2, 0.25) is 0 Å². The highest BCUT2D eigenvalue weighted by atomic mass is 32.1. The van der Waals surface area contributed by atoms with Crippen LogP contribution in [0, 0.1) is 0 Å². The summed E-state index contributed by atoms with van der Waals surface area (Å²) >= 11 is 1.39. The van der Waals surface area contributed by atoms with Gasteiger partial charge in [0.25, 0.3) is 5.91 Å². The van der Waals surface area contributed by atoms with Crippen molar-refractivity contribution in [2.45, 2.75) is 19.9 Å². The first-order chi connectivity index (χ1) is 12.6. The van der Waals surface area contributed by atoms with E-state index in [0.29, 0.717) is 36.8 Å². The van der Waals surface area contributed by atoms with Crippen molar-refractivity contribution in [3.05, 3.63) is 46.6 Å². The maximum atomic E-state index is 12.9. The first kappa shape index (κ1) is 16.6. The van der Waals surface area contributed by atoms with Gasteiger partial charge < -0.3 is 14.6 Å². The minimum atomic E-state index is -0.509. The van der Waals surface area contributed by atoms with E-state index in [1.165, 1.54) is 11.3 Å². The molecule has 0 aliphatic carbocycles. The van der Waals surface area contributed by atoms with Crippen molar-refractivity contribution in [3.8, 4) is 0 Å². The van der Waals surface area contributed by atoms with Crippen molar-refractivity contribution in [1.82, 2.24) is 14.9 Å². The van der Waals surface area contributed by atoms with Gasteiger partial charge in [0.15, 0.2) is 5.13 Å². The normalized spacial score (nSPS) is 13.5. The van der Waals surface area contributed by atoms with E-state index in [1.807, 2.05) is 35.4 Å². The van der Waals surface area contributed by atoms with Crippen molar-refractivity contribution in [1.29, 1.82) is 0 Å². The number of aromatic nitrogens is 2. The summed E-state index contributed by atoms with van der Waals surface area (Å²) in [5.74, 6) is 0.000418. The lowest BCUT2D eigenvalue weighted by atomic mass is 10.1. The summed E-state index contributed by atoms with van der Waals surface area (Å²) in [4.78, 5) is 34.8. The van der Waals surface area contributed by atoms with Crippen LogP contribution >= 0.6 is 11.3 Å². The molecule has 26 heavy (non-hydrogen) atoms. The van der Waals surface area contributed by atoms with E-state index >= 15 is 0 Å². The van der Waals surface area contributed by atoms with Gasteiger partial charge in [0.1, 0.15) is 0 Å². The predicted molar refractivity (Wildman–Crippen MR) is 99.5 cm³/mol. The van der Waals surface area contributed by atoms with Gasteiger partial charge in [-0.25, -0.2) is 9.78 Å². The lowest BCUT2D eigenvalue weighted by Crippen LogP contribution is -2.35. The van der Waals surface area contributed by atoms with Crippen LogP contribution in [0.25, 0.3) is 10.9 Å². The number of benzene rings is 1. The van der Waals surface area contributed by atoms with Gasteiger partial charge in [0, 0.05) is 35.1 Å². The highest BCUT2D eigenvalue weighted by Crippen LogP contribution is 2.29. The molecular formula is C18H18N4O3S. The average Bonchev–Trinajstić information content (AvgIpc) is 3.25. The molecule has 4 rings (SSSR count). The Bertz CT molecular complexity index is 978. The van der Waals surface area contributed by atoms with Crippen molar-refractivity contribution < 1.29 is 14.3 Å². The summed E-state index contributed by atoms with van der Waals surface area (Å²) in [5.41, 5.74) is 2.55. The fourth-order valence-electron chi connectivity index (χ4n) is 3.04. The van der Waals surface area contributed by atoms with Gasteiger partial charge >= 0.3 is 6.09 Å². The maximum absolute atomic E-state index is 12.9. The highest BCUT2D eigenvalue weighted by Gasteiger charge is 2.25. The van der Waals surface area contributed by atoms with Crippen LogP contribution in [-0.2, 0) is 17.7 Å². The van der Waals surface area contributed by atoms with Crippen LogP contribution < -0.4 is 5.32 Å². The Morgan fingerprint density at radius 3 is 3.12 bits per heavy atom. The number of H-pyrrole nitrogens is 1. The molecule has 7 nitrogen and oxygen atoms in total. The first-order valence-corrected chi connectivity index (χ1v) is 9.24. The van der Waals surface area contributed by atoms with Gasteiger partial charge in [0.05, 0.1) is 18.8 Å². The van der Waals surface area contributed by atoms with E-state index in [2.05, 4.69) is 15.3 Å². The summed E-state index contributed by atoms with van der Waals surface area (Å²) in [6.07, 6.45) is 2.03. The molecule has 0 saturated carbocycles. The van der Waals surface area contributed by atoms with Crippen molar-refractivity contribution in [2.75, 3.05) is 18.5 Å². The summed E-state index contributed by atoms with van der Waals surface area (Å²) < 4.78 is 4.87. The molecule has 1 aromatic carbocycles. The van der Waals surface area contributed by atoms with Crippen LogP contribution in [0.3, 0.4) is 0 Å². The molecule has 3 heterocycles. The van der Waals surface area contributed by atoms with E-state index in [9.17, 15) is 9.59 Å². The number of anilines is 1. The van der Waals surface area contributed by atoms with E-state index < -0.39 is 6.09 Å². The number of aromatic amines is 1. The van der Waals surface area contributed by atoms with Crippen molar-refractivity contribution >= 4 is 39.4 Å². The largest absolute Gasteiger partial charge is 0.450 e. The maximum Gasteiger partial charge on any atom is 0.413 e. The molecule has 0 radical (unpaired) electrons. The second-order valence-corrected chi connectivity index (χ2v) is 7.07. The standard InChI is InChI=1S/C18H18N4O3S/c1-2-25-18(24)21-17-20-13-6-8-22(10-15(13)26-17)16(23)12-4-3-11-5-7-19-14(11)9-12/h3-5,7,9,19H,2,6,8,10H2,1H3,(H,20,21,24). The molecule has 3 aromatic rings. The van der Waals surface area contributed by atoms with Crippen LogP contribution in [-0.4, -0.2) is 40.0 Å². The summed E-state index contributed by atoms with van der Waals surface area (Å²) in [7, 11) is 0. The molecule has 0 bridgehead atoms. The average molecular weight is 370 g/mol. The Morgan fingerprint density at radius 2 is 2.27 bits per heavy atom. The zero-order valence-electron chi connectivity index (χ0n) is 14.2. The molecule has 1 aliphatic rings. The fraction of sp³-hybridized carbons (Fsp3) is 0.278. The molecule has 0 unspecified atom stereocenters. The van der Waals surface area contributed by atoms with Gasteiger partial charge in [-0.1, -0.05) is 17.4 Å². The molecule has 0 spiro atoms. The number of hydrogen-bond donors (Lipinski definition) is 2. The monoisotopic (exact) mass is 370 g/mol. The Labute approximate surface area is 154 Å². The van der Waals surface area contributed by atoms with Crippen LogP contribution in [0.15, 0.2) is 30.5 Å². The Morgan fingerprint density at radius 1 is 1.38 bits per heavy atom. The first-order valence-electron chi connectivity index (χ1n) is 8.43. The van der Waals surface area contributed by atoms with Gasteiger partial charge in [-0.05, 0) is 30.5 Å². The number of nitrogens with zero attached hydrogens (tertiary/aromatic N) is 2. The van der Waals surface area contributed by atoms with Crippen LogP contribution in [0.4, 0.5) is 9.93 Å². The number of hydrogen-bond acceptors (Lipinski definition) is 5. The number of carbonyl (C=O) groups is 2. The zero-order chi connectivity index (χ0) is 18.1. The molecular weight excluding hydrogens is 352 g/mol. The quantitative estimate of drug-likeness (QED) is 0.740. The molecule has 0 saturated heterocycles. The Kier molecular flexibility index (Phi) is 4.34. The second-order valence-electron chi connectivity index (χ2n) is 5.99. The van der Waals surface area contributed by atoms with Crippen molar-refractivity contribution in [2.24, 2.45) is 0 Å². The number of amides is 2. The van der Waals surface area contributed by atoms with E-state index in [-0.39, 0.29) is 5.91 Å². The van der Waals surface area contributed by atoms with Crippen LogP contribution in [0.5, 0.6) is 0 Å². The smallest absolute Gasteiger partial charge is 0.413 e. The molecule has 2 amide bonds. The number of thiazole rings is 1. The summed E-state index contributed by atoms with van der Waals surface area (Å²) in [6.45, 7) is 3.17.